The molecule has 1 unspecified atom stereocenters. The topological polar surface area (TPSA) is 94.5 Å². The molecule has 0 spiro atoms. The molecule has 124 valence electrons. The Morgan fingerprint density at radius 1 is 1.30 bits per heavy atom. The van der Waals surface area contributed by atoms with Crippen LogP contribution in [0.3, 0.4) is 0 Å². The van der Waals surface area contributed by atoms with E-state index in [1.807, 2.05) is 30.3 Å². The highest BCUT2D eigenvalue weighted by atomic mass is 16.8. The zero-order valence-corrected chi connectivity index (χ0v) is 12.6. The van der Waals surface area contributed by atoms with Crippen LogP contribution in [0.4, 0.5) is 0 Å². The number of ether oxygens (including phenoxy) is 4. The van der Waals surface area contributed by atoms with Crippen LogP contribution in [0.1, 0.15) is 12.5 Å². The number of aliphatic hydroxyl groups is 2. The number of hydrogen-bond donors (Lipinski definition) is 2. The van der Waals surface area contributed by atoms with Gasteiger partial charge in [0.05, 0.1) is 13.2 Å². The molecule has 1 fully saturated rings. The van der Waals surface area contributed by atoms with Gasteiger partial charge in [-0.05, 0) is 12.5 Å². The number of carbonyl (C=O) groups is 1. The van der Waals surface area contributed by atoms with Crippen LogP contribution in [0.5, 0.6) is 0 Å². The first-order chi connectivity index (χ1) is 11.0. The Labute approximate surface area is 133 Å². The summed E-state index contributed by atoms with van der Waals surface area (Å²) in [4.78, 5) is 11.2. The molecule has 2 aliphatic rings. The molecule has 7 nitrogen and oxygen atoms in total. The van der Waals surface area contributed by atoms with Crippen LogP contribution in [0, 0.1) is 0 Å². The average molecular weight is 322 g/mol. The number of rotatable bonds is 5. The first kappa shape index (κ1) is 15.8. The van der Waals surface area contributed by atoms with E-state index >= 15 is 0 Å². The quantitative estimate of drug-likeness (QED) is 0.795. The van der Waals surface area contributed by atoms with Crippen LogP contribution in [-0.2, 0) is 30.3 Å². The van der Waals surface area contributed by atoms with Crippen molar-refractivity contribution < 1.29 is 34.0 Å². The van der Waals surface area contributed by atoms with Crippen molar-refractivity contribution in [2.45, 2.75) is 31.5 Å². The highest BCUT2D eigenvalue weighted by Gasteiger charge is 2.48. The predicted octanol–water partition coefficient (Wildman–Crippen LogP) is 1.59. The largest absolute Gasteiger partial charge is 0.505 e. The molecule has 0 aliphatic carbocycles. The molecule has 7 heteroatoms. The van der Waals surface area contributed by atoms with Gasteiger partial charge < -0.3 is 29.2 Å². The number of cyclic esters (lactones) is 1. The highest BCUT2D eigenvalue weighted by molar-refractivity contribution is 5.89. The van der Waals surface area contributed by atoms with Crippen LogP contribution >= 0.6 is 0 Å². The zero-order chi connectivity index (χ0) is 16.4. The fourth-order valence-electron chi connectivity index (χ4n) is 2.52. The summed E-state index contributed by atoms with van der Waals surface area (Å²) in [5.41, 5.74) is 1.03. The minimum absolute atomic E-state index is 0.112. The van der Waals surface area contributed by atoms with Gasteiger partial charge >= 0.3 is 5.97 Å². The van der Waals surface area contributed by atoms with Gasteiger partial charge in [-0.25, -0.2) is 4.79 Å². The SMILES string of the molecule is C[C@]1(COCc2ccccc2)OC[C@@H](C2OC(=O)C(O)=C2O)O1. The Balaban J connectivity index is 1.53. The van der Waals surface area contributed by atoms with Gasteiger partial charge in [-0.2, -0.15) is 0 Å². The molecule has 0 saturated carbocycles. The Morgan fingerprint density at radius 3 is 2.70 bits per heavy atom. The lowest BCUT2D eigenvalue weighted by molar-refractivity contribution is -0.200. The van der Waals surface area contributed by atoms with Gasteiger partial charge in [-0.15, -0.1) is 0 Å². The normalized spacial score (nSPS) is 30.7. The monoisotopic (exact) mass is 322 g/mol. The van der Waals surface area contributed by atoms with E-state index in [9.17, 15) is 15.0 Å². The first-order valence-corrected chi connectivity index (χ1v) is 7.25. The molecule has 0 bridgehead atoms. The lowest BCUT2D eigenvalue weighted by atomic mass is 10.2. The summed E-state index contributed by atoms with van der Waals surface area (Å²) in [5.74, 6) is -3.29. The molecule has 2 heterocycles. The molecule has 2 aliphatic heterocycles. The number of aliphatic hydroxyl groups excluding tert-OH is 2. The van der Waals surface area contributed by atoms with Crippen LogP contribution in [0.15, 0.2) is 41.9 Å². The predicted molar refractivity (Wildman–Crippen MR) is 77.5 cm³/mol. The van der Waals surface area contributed by atoms with Gasteiger partial charge in [0.25, 0.3) is 0 Å². The molecule has 1 aromatic rings. The third kappa shape index (κ3) is 3.31. The van der Waals surface area contributed by atoms with Gasteiger partial charge in [-0.3, -0.25) is 0 Å². The maximum absolute atomic E-state index is 11.2. The summed E-state index contributed by atoms with van der Waals surface area (Å²) in [6.07, 6.45) is -1.76. The molecule has 0 radical (unpaired) electrons. The van der Waals surface area contributed by atoms with E-state index < -0.39 is 35.5 Å². The fraction of sp³-hybridized carbons (Fsp3) is 0.438. The summed E-state index contributed by atoms with van der Waals surface area (Å²) in [6, 6.07) is 9.68. The molecule has 1 saturated heterocycles. The van der Waals surface area contributed by atoms with Crippen LogP contribution in [-0.4, -0.2) is 47.4 Å². The molecule has 23 heavy (non-hydrogen) atoms. The van der Waals surface area contributed by atoms with Crippen molar-refractivity contribution in [3.8, 4) is 0 Å². The second kappa shape index (κ2) is 6.19. The smallest absolute Gasteiger partial charge is 0.377 e. The number of benzene rings is 1. The van der Waals surface area contributed by atoms with Crippen molar-refractivity contribution in [1.29, 1.82) is 0 Å². The lowest BCUT2D eigenvalue weighted by Gasteiger charge is -2.24. The molecule has 2 N–H and O–H groups in total. The Morgan fingerprint density at radius 2 is 2.04 bits per heavy atom. The Kier molecular flexibility index (Phi) is 4.25. The van der Waals surface area contributed by atoms with Gasteiger partial charge in [0.15, 0.2) is 17.7 Å². The standard InChI is InChI=1S/C16H18O7/c1-16(9-20-7-10-5-3-2-4-6-10)21-8-11(23-16)14-12(17)13(18)15(19)22-14/h2-6,11,14,17-18H,7-9H2,1H3/t11-,14?,16-/m0/s1. The van der Waals surface area contributed by atoms with Crippen molar-refractivity contribution >= 4 is 5.97 Å². The van der Waals surface area contributed by atoms with Gasteiger partial charge in [0, 0.05) is 0 Å². The number of carbonyl (C=O) groups excluding carboxylic acids is 1. The summed E-state index contributed by atoms with van der Waals surface area (Å²) >= 11 is 0. The van der Waals surface area contributed by atoms with E-state index in [1.54, 1.807) is 6.92 Å². The van der Waals surface area contributed by atoms with Crippen molar-refractivity contribution in [3.05, 3.63) is 47.4 Å². The van der Waals surface area contributed by atoms with Gasteiger partial charge in [0.1, 0.15) is 12.7 Å². The summed E-state index contributed by atoms with van der Waals surface area (Å²) in [6.45, 7) is 2.41. The molecule has 3 atom stereocenters. The second-order valence-electron chi connectivity index (χ2n) is 5.64. The van der Waals surface area contributed by atoms with Gasteiger partial charge in [-0.1, -0.05) is 30.3 Å². The van der Waals surface area contributed by atoms with E-state index in [2.05, 4.69) is 0 Å². The molecule has 1 aromatic carbocycles. The highest BCUT2D eigenvalue weighted by Crippen LogP contribution is 2.32. The average Bonchev–Trinajstić information content (AvgIpc) is 3.04. The second-order valence-corrected chi connectivity index (χ2v) is 5.64. The number of hydrogen-bond acceptors (Lipinski definition) is 7. The zero-order valence-electron chi connectivity index (χ0n) is 12.6. The minimum atomic E-state index is -1.06. The Bertz CT molecular complexity index is 612. The van der Waals surface area contributed by atoms with Crippen molar-refractivity contribution in [2.75, 3.05) is 13.2 Å². The van der Waals surface area contributed by atoms with Crippen molar-refractivity contribution in [2.24, 2.45) is 0 Å². The van der Waals surface area contributed by atoms with E-state index in [4.69, 9.17) is 18.9 Å². The van der Waals surface area contributed by atoms with Crippen LogP contribution in [0.25, 0.3) is 0 Å². The molecule has 0 aromatic heterocycles. The van der Waals surface area contributed by atoms with Gasteiger partial charge in [0.2, 0.25) is 5.76 Å². The van der Waals surface area contributed by atoms with Crippen LogP contribution in [0.2, 0.25) is 0 Å². The lowest BCUT2D eigenvalue weighted by Crippen LogP contribution is -2.36. The maximum atomic E-state index is 11.2. The van der Waals surface area contributed by atoms with Crippen LogP contribution < -0.4 is 0 Å². The Hall–Kier alpha value is -2.09. The van der Waals surface area contributed by atoms with E-state index in [-0.39, 0.29) is 13.2 Å². The van der Waals surface area contributed by atoms with E-state index in [0.717, 1.165) is 5.56 Å². The van der Waals surface area contributed by atoms with E-state index in [1.165, 1.54) is 0 Å². The van der Waals surface area contributed by atoms with Crippen molar-refractivity contribution in [3.63, 3.8) is 0 Å². The third-order valence-electron chi connectivity index (χ3n) is 3.71. The minimum Gasteiger partial charge on any atom is -0.505 e. The first-order valence-electron chi connectivity index (χ1n) is 7.25. The molecular formula is C16H18O7. The molecule has 3 rings (SSSR count). The summed E-state index contributed by atoms with van der Waals surface area (Å²) in [7, 11) is 0. The fourth-order valence-corrected chi connectivity index (χ4v) is 2.52. The maximum Gasteiger partial charge on any atom is 0.377 e. The summed E-state index contributed by atoms with van der Waals surface area (Å²) in [5, 5.41) is 19.0. The third-order valence-corrected chi connectivity index (χ3v) is 3.71. The van der Waals surface area contributed by atoms with E-state index in [0.29, 0.717) is 6.61 Å². The molecular weight excluding hydrogens is 304 g/mol. The summed E-state index contributed by atoms with van der Waals surface area (Å²) < 4.78 is 21.8. The molecule has 0 amide bonds. The number of esters is 1. The van der Waals surface area contributed by atoms with Crippen molar-refractivity contribution in [1.82, 2.24) is 0 Å².